The summed E-state index contributed by atoms with van der Waals surface area (Å²) in [6, 6.07) is 7.80. The Morgan fingerprint density at radius 2 is 2.14 bits per heavy atom. The number of rotatable bonds is 5. The molecule has 0 saturated carbocycles. The van der Waals surface area contributed by atoms with Crippen LogP contribution in [0.3, 0.4) is 0 Å². The molecule has 1 N–H and O–H groups in total. The van der Waals surface area contributed by atoms with Gasteiger partial charge in [0.15, 0.2) is 0 Å². The molecular weight excluding hydrogens is 276 g/mol. The van der Waals surface area contributed by atoms with E-state index in [1.165, 1.54) is 6.42 Å². The molecule has 22 heavy (non-hydrogen) atoms. The van der Waals surface area contributed by atoms with Crippen molar-refractivity contribution in [1.29, 1.82) is 0 Å². The third-order valence-corrected chi connectivity index (χ3v) is 4.21. The lowest BCUT2D eigenvalue weighted by molar-refractivity contribution is -0.127. The number of methoxy groups -OCH3 is 1. The maximum absolute atomic E-state index is 12.5. The van der Waals surface area contributed by atoms with Gasteiger partial charge in [-0.05, 0) is 62.5 Å². The average molecular weight is 302 g/mol. The van der Waals surface area contributed by atoms with Crippen LogP contribution >= 0.6 is 0 Å². The normalized spacial score (nSPS) is 19.1. The molecule has 1 amide bonds. The minimum absolute atomic E-state index is 0.120. The van der Waals surface area contributed by atoms with E-state index in [0.717, 1.165) is 42.9 Å². The van der Waals surface area contributed by atoms with Crippen molar-refractivity contribution in [2.45, 2.75) is 19.8 Å². The summed E-state index contributed by atoms with van der Waals surface area (Å²) in [7, 11) is 3.62. The summed E-state index contributed by atoms with van der Waals surface area (Å²) >= 11 is 0. The summed E-state index contributed by atoms with van der Waals surface area (Å²) in [4.78, 5) is 14.4. The Kier molecular flexibility index (Phi) is 6.01. The Balaban J connectivity index is 2.01. The summed E-state index contributed by atoms with van der Waals surface area (Å²) in [5, 5.41) is 3.21. The van der Waals surface area contributed by atoms with E-state index in [2.05, 4.69) is 5.32 Å². The first-order chi connectivity index (χ1) is 10.6. The molecule has 1 aromatic rings. The molecule has 0 aromatic heterocycles. The molecule has 1 aliphatic rings. The Morgan fingerprint density at radius 3 is 2.77 bits per heavy atom. The Bertz CT molecular complexity index is 520. The molecule has 0 spiro atoms. The van der Waals surface area contributed by atoms with Gasteiger partial charge in [0.25, 0.3) is 0 Å². The zero-order valence-corrected chi connectivity index (χ0v) is 13.8. The van der Waals surface area contributed by atoms with Crippen LogP contribution in [0.1, 0.15) is 25.3 Å². The van der Waals surface area contributed by atoms with Crippen molar-refractivity contribution >= 4 is 11.5 Å². The SMILES string of the molecule is CNCC1CCCN(C(=O)/C=C(/C)c2ccc(OC)cc2)C1. The molecule has 1 atom stereocenters. The second-order valence-electron chi connectivity index (χ2n) is 5.91. The average Bonchev–Trinajstić information content (AvgIpc) is 2.55. The van der Waals surface area contributed by atoms with Gasteiger partial charge in [0.2, 0.25) is 5.91 Å². The summed E-state index contributed by atoms with van der Waals surface area (Å²) in [5.74, 6) is 1.51. The smallest absolute Gasteiger partial charge is 0.246 e. The molecule has 4 heteroatoms. The number of nitrogens with one attached hydrogen (secondary N) is 1. The van der Waals surface area contributed by atoms with E-state index in [-0.39, 0.29) is 5.91 Å². The topological polar surface area (TPSA) is 41.6 Å². The Morgan fingerprint density at radius 1 is 1.41 bits per heavy atom. The monoisotopic (exact) mass is 302 g/mol. The van der Waals surface area contributed by atoms with Gasteiger partial charge >= 0.3 is 0 Å². The summed E-state index contributed by atoms with van der Waals surface area (Å²) < 4.78 is 5.16. The highest BCUT2D eigenvalue weighted by Crippen LogP contribution is 2.20. The fourth-order valence-electron chi connectivity index (χ4n) is 2.93. The van der Waals surface area contributed by atoms with E-state index >= 15 is 0 Å². The van der Waals surface area contributed by atoms with Crippen molar-refractivity contribution in [3.05, 3.63) is 35.9 Å². The van der Waals surface area contributed by atoms with Crippen LogP contribution in [-0.2, 0) is 4.79 Å². The highest BCUT2D eigenvalue weighted by Gasteiger charge is 2.22. The lowest BCUT2D eigenvalue weighted by atomic mass is 9.97. The molecule has 0 aliphatic carbocycles. The number of allylic oxidation sites excluding steroid dienone is 1. The fourth-order valence-corrected chi connectivity index (χ4v) is 2.93. The number of nitrogens with zero attached hydrogens (tertiary/aromatic N) is 1. The number of likely N-dealkylation sites (tertiary alicyclic amines) is 1. The van der Waals surface area contributed by atoms with Crippen LogP contribution in [0, 0.1) is 5.92 Å². The Hall–Kier alpha value is -1.81. The molecule has 0 bridgehead atoms. The van der Waals surface area contributed by atoms with E-state index in [0.29, 0.717) is 5.92 Å². The first-order valence-corrected chi connectivity index (χ1v) is 7.90. The molecule has 1 saturated heterocycles. The van der Waals surface area contributed by atoms with E-state index in [9.17, 15) is 4.79 Å². The van der Waals surface area contributed by atoms with Gasteiger partial charge in [-0.2, -0.15) is 0 Å². The van der Waals surface area contributed by atoms with Gasteiger partial charge in [-0.15, -0.1) is 0 Å². The lowest BCUT2D eigenvalue weighted by Gasteiger charge is -2.32. The molecule has 1 fully saturated rings. The van der Waals surface area contributed by atoms with Gasteiger partial charge in [-0.1, -0.05) is 12.1 Å². The van der Waals surface area contributed by atoms with Crippen molar-refractivity contribution in [1.82, 2.24) is 10.2 Å². The highest BCUT2D eigenvalue weighted by atomic mass is 16.5. The number of piperidine rings is 1. The number of benzene rings is 1. The molecule has 1 heterocycles. The van der Waals surface area contributed by atoms with Crippen molar-refractivity contribution in [2.24, 2.45) is 5.92 Å². The van der Waals surface area contributed by atoms with Crippen LogP contribution in [-0.4, -0.2) is 44.6 Å². The van der Waals surface area contributed by atoms with Crippen molar-refractivity contribution in [3.8, 4) is 5.75 Å². The molecule has 0 radical (unpaired) electrons. The number of hydrogen-bond acceptors (Lipinski definition) is 3. The van der Waals surface area contributed by atoms with E-state index in [1.54, 1.807) is 13.2 Å². The van der Waals surface area contributed by atoms with E-state index < -0.39 is 0 Å². The first-order valence-electron chi connectivity index (χ1n) is 7.90. The highest BCUT2D eigenvalue weighted by molar-refractivity contribution is 5.94. The van der Waals surface area contributed by atoms with Crippen LogP contribution < -0.4 is 10.1 Å². The zero-order chi connectivity index (χ0) is 15.9. The van der Waals surface area contributed by atoms with Gasteiger partial charge in [0.05, 0.1) is 7.11 Å². The standard InChI is InChI=1S/C18H26N2O2/c1-14(16-6-8-17(22-3)9-7-16)11-18(21)20-10-4-5-15(13-20)12-19-2/h6-9,11,15,19H,4-5,10,12-13H2,1-3H3/b14-11-. The second-order valence-corrected chi connectivity index (χ2v) is 5.91. The van der Waals surface area contributed by atoms with Crippen LogP contribution in [0.2, 0.25) is 0 Å². The second kappa shape index (κ2) is 7.99. The van der Waals surface area contributed by atoms with Gasteiger partial charge in [0.1, 0.15) is 5.75 Å². The van der Waals surface area contributed by atoms with E-state index in [1.807, 2.05) is 43.1 Å². The van der Waals surface area contributed by atoms with Gasteiger partial charge in [-0.25, -0.2) is 0 Å². The minimum Gasteiger partial charge on any atom is -0.497 e. The lowest BCUT2D eigenvalue weighted by Crippen LogP contribution is -2.41. The molecule has 4 nitrogen and oxygen atoms in total. The van der Waals surface area contributed by atoms with Crippen LogP contribution in [0.15, 0.2) is 30.3 Å². The summed E-state index contributed by atoms with van der Waals surface area (Å²) in [5.41, 5.74) is 2.04. The number of hydrogen-bond donors (Lipinski definition) is 1. The maximum Gasteiger partial charge on any atom is 0.246 e. The van der Waals surface area contributed by atoms with Gasteiger partial charge < -0.3 is 15.0 Å². The number of ether oxygens (including phenoxy) is 1. The van der Waals surface area contributed by atoms with Crippen molar-refractivity contribution in [3.63, 3.8) is 0 Å². The third-order valence-electron chi connectivity index (χ3n) is 4.21. The molecule has 1 aliphatic heterocycles. The number of amides is 1. The van der Waals surface area contributed by atoms with Gasteiger partial charge in [0, 0.05) is 19.2 Å². The fraction of sp³-hybridized carbons (Fsp3) is 0.500. The van der Waals surface area contributed by atoms with Crippen molar-refractivity contribution < 1.29 is 9.53 Å². The van der Waals surface area contributed by atoms with Crippen molar-refractivity contribution in [2.75, 3.05) is 33.8 Å². The van der Waals surface area contributed by atoms with Crippen LogP contribution in [0.4, 0.5) is 0 Å². The minimum atomic E-state index is 0.120. The molecular formula is C18H26N2O2. The zero-order valence-electron chi connectivity index (χ0n) is 13.8. The van der Waals surface area contributed by atoms with Crippen LogP contribution in [0.25, 0.3) is 5.57 Å². The summed E-state index contributed by atoms with van der Waals surface area (Å²) in [6.07, 6.45) is 4.04. The molecule has 2 rings (SSSR count). The van der Waals surface area contributed by atoms with Gasteiger partial charge in [-0.3, -0.25) is 4.79 Å². The predicted molar refractivity (Wildman–Crippen MR) is 89.9 cm³/mol. The maximum atomic E-state index is 12.5. The molecule has 1 unspecified atom stereocenters. The quantitative estimate of drug-likeness (QED) is 0.850. The van der Waals surface area contributed by atoms with E-state index in [4.69, 9.17) is 4.74 Å². The predicted octanol–water partition coefficient (Wildman–Crippen LogP) is 2.56. The number of carbonyl (C=O) groups excluding carboxylic acids is 1. The van der Waals surface area contributed by atoms with Crippen LogP contribution in [0.5, 0.6) is 5.75 Å². The third kappa shape index (κ3) is 4.34. The Labute approximate surface area is 133 Å². The molecule has 1 aromatic carbocycles. The number of carbonyl (C=O) groups is 1. The summed E-state index contributed by atoms with van der Waals surface area (Å²) in [6.45, 7) is 4.68. The molecule has 120 valence electrons. The first kappa shape index (κ1) is 16.6. The largest absolute Gasteiger partial charge is 0.497 e.